The molecule has 1 rings (SSSR count). The van der Waals surface area contributed by atoms with Crippen LogP contribution in [0.15, 0.2) is 24.5 Å². The Morgan fingerprint density at radius 1 is 1.44 bits per heavy atom. The van der Waals surface area contributed by atoms with Crippen molar-refractivity contribution in [2.24, 2.45) is 5.92 Å². The van der Waals surface area contributed by atoms with Gasteiger partial charge < -0.3 is 10.1 Å². The van der Waals surface area contributed by atoms with Gasteiger partial charge in [-0.1, -0.05) is 6.92 Å². The van der Waals surface area contributed by atoms with E-state index < -0.39 is 11.9 Å². The highest BCUT2D eigenvalue weighted by Gasteiger charge is 2.25. The fraction of sp³-hybridized carbons (Fsp3) is 0.364. The second-order valence-corrected chi connectivity index (χ2v) is 3.21. The molecule has 0 saturated carbocycles. The van der Waals surface area contributed by atoms with E-state index in [2.05, 4.69) is 15.0 Å². The van der Waals surface area contributed by atoms with Gasteiger partial charge in [0.25, 0.3) is 0 Å². The third-order valence-corrected chi connectivity index (χ3v) is 2.16. The van der Waals surface area contributed by atoms with E-state index in [4.69, 9.17) is 0 Å². The number of nitrogens with one attached hydrogen (secondary N) is 1. The molecule has 5 heteroatoms. The van der Waals surface area contributed by atoms with Crippen LogP contribution in [0, 0.1) is 5.92 Å². The number of ether oxygens (including phenoxy) is 1. The fourth-order valence-electron chi connectivity index (χ4n) is 1.27. The van der Waals surface area contributed by atoms with Gasteiger partial charge in [0.05, 0.1) is 7.11 Å². The molecule has 0 aliphatic heterocycles. The first-order valence-electron chi connectivity index (χ1n) is 4.97. The van der Waals surface area contributed by atoms with Crippen molar-refractivity contribution >= 4 is 17.6 Å². The van der Waals surface area contributed by atoms with Crippen LogP contribution >= 0.6 is 0 Å². The van der Waals surface area contributed by atoms with Crippen LogP contribution in [0.3, 0.4) is 0 Å². The van der Waals surface area contributed by atoms with Gasteiger partial charge in [-0.05, 0) is 18.6 Å². The number of carbonyl (C=O) groups excluding carboxylic acids is 2. The first-order chi connectivity index (χ1) is 7.69. The van der Waals surface area contributed by atoms with E-state index in [1.54, 1.807) is 31.5 Å². The highest BCUT2D eigenvalue weighted by atomic mass is 16.5. The monoisotopic (exact) mass is 222 g/mol. The highest BCUT2D eigenvalue weighted by Crippen LogP contribution is 2.10. The maximum atomic E-state index is 11.7. The maximum Gasteiger partial charge on any atom is 0.318 e. The third kappa shape index (κ3) is 3.05. The minimum absolute atomic E-state index is 0.361. The number of pyridine rings is 1. The molecule has 0 fully saturated rings. The van der Waals surface area contributed by atoms with Gasteiger partial charge in [-0.3, -0.25) is 14.6 Å². The Hall–Kier alpha value is -1.91. The van der Waals surface area contributed by atoms with Crippen LogP contribution in [-0.4, -0.2) is 24.0 Å². The van der Waals surface area contributed by atoms with Gasteiger partial charge >= 0.3 is 5.97 Å². The summed E-state index contributed by atoms with van der Waals surface area (Å²) < 4.78 is 4.55. The number of anilines is 1. The zero-order valence-electron chi connectivity index (χ0n) is 9.27. The number of methoxy groups -OCH3 is 1. The first-order valence-corrected chi connectivity index (χ1v) is 4.97. The zero-order chi connectivity index (χ0) is 12.0. The maximum absolute atomic E-state index is 11.7. The van der Waals surface area contributed by atoms with Gasteiger partial charge in [-0.15, -0.1) is 0 Å². The Kier molecular flexibility index (Phi) is 4.44. The van der Waals surface area contributed by atoms with Crippen molar-refractivity contribution < 1.29 is 14.3 Å². The van der Waals surface area contributed by atoms with E-state index in [9.17, 15) is 9.59 Å². The summed E-state index contributed by atoms with van der Waals surface area (Å²) in [5.74, 6) is -1.65. The molecule has 0 bridgehead atoms. The molecular formula is C11H14N2O3. The molecule has 1 aromatic heterocycles. The lowest BCUT2D eigenvalue weighted by Gasteiger charge is -2.12. The zero-order valence-corrected chi connectivity index (χ0v) is 9.27. The number of carbonyl (C=O) groups is 2. The Labute approximate surface area is 93.8 Å². The lowest BCUT2D eigenvalue weighted by atomic mass is 10.1. The van der Waals surface area contributed by atoms with Crippen molar-refractivity contribution in [1.29, 1.82) is 0 Å². The van der Waals surface area contributed by atoms with Crippen LogP contribution in [-0.2, 0) is 14.3 Å². The largest absolute Gasteiger partial charge is 0.468 e. The van der Waals surface area contributed by atoms with Crippen LogP contribution < -0.4 is 5.32 Å². The van der Waals surface area contributed by atoms with Crippen LogP contribution in [0.25, 0.3) is 0 Å². The van der Waals surface area contributed by atoms with Gasteiger partial charge in [-0.2, -0.15) is 0 Å². The molecule has 1 amide bonds. The second-order valence-electron chi connectivity index (χ2n) is 3.21. The highest BCUT2D eigenvalue weighted by molar-refractivity contribution is 6.04. The lowest BCUT2D eigenvalue weighted by Crippen LogP contribution is -2.30. The Balaban J connectivity index is 2.67. The van der Waals surface area contributed by atoms with Crippen molar-refractivity contribution in [3.05, 3.63) is 24.5 Å². The second kappa shape index (κ2) is 5.85. The average Bonchev–Trinajstić information content (AvgIpc) is 2.31. The molecule has 5 nitrogen and oxygen atoms in total. The minimum atomic E-state index is -0.766. The smallest absolute Gasteiger partial charge is 0.318 e. The molecule has 0 radical (unpaired) electrons. The number of nitrogens with zero attached hydrogens (tertiary/aromatic N) is 1. The molecular weight excluding hydrogens is 208 g/mol. The molecule has 16 heavy (non-hydrogen) atoms. The van der Waals surface area contributed by atoms with E-state index in [1.807, 2.05) is 0 Å². The number of aromatic nitrogens is 1. The first kappa shape index (κ1) is 12.2. The number of rotatable bonds is 4. The van der Waals surface area contributed by atoms with Crippen molar-refractivity contribution in [1.82, 2.24) is 4.98 Å². The summed E-state index contributed by atoms with van der Waals surface area (Å²) in [6, 6.07) is 3.31. The van der Waals surface area contributed by atoms with Crippen molar-refractivity contribution in [3.63, 3.8) is 0 Å². The Morgan fingerprint density at radius 2 is 2.06 bits per heavy atom. The fourth-order valence-corrected chi connectivity index (χ4v) is 1.27. The van der Waals surface area contributed by atoms with Crippen molar-refractivity contribution in [3.8, 4) is 0 Å². The molecule has 0 aromatic carbocycles. The number of esters is 1. The minimum Gasteiger partial charge on any atom is -0.468 e. The van der Waals surface area contributed by atoms with Crippen LogP contribution in [0.5, 0.6) is 0 Å². The molecule has 0 saturated heterocycles. The molecule has 1 atom stereocenters. The predicted molar refractivity (Wildman–Crippen MR) is 58.7 cm³/mol. The molecule has 0 spiro atoms. The average molecular weight is 222 g/mol. The molecule has 86 valence electrons. The Bertz CT molecular complexity index is 365. The molecule has 1 aromatic rings. The Morgan fingerprint density at radius 3 is 2.56 bits per heavy atom. The standard InChI is InChI=1S/C11H14N2O3/c1-3-9(11(15)16-2)10(14)13-8-4-6-12-7-5-8/h4-7,9H,3H2,1-2H3,(H,12,13,14). The normalized spacial score (nSPS) is 11.6. The molecule has 1 unspecified atom stereocenters. The van der Waals surface area contributed by atoms with Crippen molar-refractivity contribution in [2.75, 3.05) is 12.4 Å². The van der Waals surface area contributed by atoms with Gasteiger partial charge in [0, 0.05) is 18.1 Å². The van der Waals surface area contributed by atoms with Gasteiger partial charge in [0.2, 0.25) is 5.91 Å². The summed E-state index contributed by atoms with van der Waals surface area (Å²) in [6.07, 6.45) is 3.53. The van der Waals surface area contributed by atoms with E-state index in [1.165, 1.54) is 7.11 Å². The van der Waals surface area contributed by atoms with Crippen molar-refractivity contribution in [2.45, 2.75) is 13.3 Å². The summed E-state index contributed by atoms with van der Waals surface area (Å²) in [7, 11) is 1.27. The van der Waals surface area contributed by atoms with Crippen LogP contribution in [0.1, 0.15) is 13.3 Å². The van der Waals surface area contributed by atoms with E-state index in [-0.39, 0.29) is 5.91 Å². The molecule has 0 aliphatic carbocycles. The number of amides is 1. The van der Waals surface area contributed by atoms with Gasteiger partial charge in [-0.25, -0.2) is 0 Å². The summed E-state index contributed by atoms with van der Waals surface area (Å²) in [5.41, 5.74) is 0.613. The van der Waals surface area contributed by atoms with E-state index in [0.717, 1.165) is 0 Å². The quantitative estimate of drug-likeness (QED) is 0.614. The topological polar surface area (TPSA) is 68.3 Å². The molecule has 1 heterocycles. The van der Waals surface area contributed by atoms with Crippen LogP contribution in [0.4, 0.5) is 5.69 Å². The molecule has 0 aliphatic rings. The van der Waals surface area contributed by atoms with E-state index in [0.29, 0.717) is 12.1 Å². The van der Waals surface area contributed by atoms with Crippen LogP contribution in [0.2, 0.25) is 0 Å². The summed E-state index contributed by atoms with van der Waals surface area (Å²) in [4.78, 5) is 26.8. The third-order valence-electron chi connectivity index (χ3n) is 2.16. The summed E-state index contributed by atoms with van der Waals surface area (Å²) in [6.45, 7) is 1.76. The summed E-state index contributed by atoms with van der Waals surface area (Å²) >= 11 is 0. The summed E-state index contributed by atoms with van der Waals surface area (Å²) in [5, 5.41) is 2.63. The number of hydrogen-bond donors (Lipinski definition) is 1. The van der Waals surface area contributed by atoms with E-state index >= 15 is 0 Å². The van der Waals surface area contributed by atoms with Gasteiger partial charge in [0.15, 0.2) is 0 Å². The number of hydrogen-bond acceptors (Lipinski definition) is 4. The predicted octanol–water partition coefficient (Wildman–Crippen LogP) is 1.22. The lowest BCUT2D eigenvalue weighted by molar-refractivity contribution is -0.148. The SMILES string of the molecule is CCC(C(=O)Nc1ccncc1)C(=O)OC. The van der Waals surface area contributed by atoms with Gasteiger partial charge in [0.1, 0.15) is 5.92 Å². The molecule has 1 N–H and O–H groups in total.